The van der Waals surface area contributed by atoms with Crippen LogP contribution in [0, 0.1) is 0 Å². The van der Waals surface area contributed by atoms with E-state index < -0.39 is 12.0 Å². The highest BCUT2D eigenvalue weighted by Crippen LogP contribution is 2.17. The largest absolute Gasteiger partial charge is 0.480 e. The molecule has 0 aliphatic carbocycles. The zero-order chi connectivity index (χ0) is 11.3. The maximum Gasteiger partial charge on any atom is 0.327 e. The molecule has 1 heterocycles. The summed E-state index contributed by atoms with van der Waals surface area (Å²) >= 11 is 1.58. The van der Waals surface area contributed by atoms with Gasteiger partial charge in [-0.2, -0.15) is 11.8 Å². The van der Waals surface area contributed by atoms with Crippen molar-refractivity contribution >= 4 is 23.6 Å². The zero-order valence-corrected chi connectivity index (χ0v) is 9.33. The molecule has 15 heavy (non-hydrogen) atoms. The van der Waals surface area contributed by atoms with Crippen molar-refractivity contribution in [2.75, 3.05) is 24.6 Å². The topological polar surface area (TPSA) is 83.6 Å². The number of hydrogen-bond donors (Lipinski definition) is 2. The van der Waals surface area contributed by atoms with Gasteiger partial charge in [0.2, 0.25) is 5.91 Å². The molecule has 1 saturated heterocycles. The summed E-state index contributed by atoms with van der Waals surface area (Å²) in [6.07, 6.45) is 0.972. The third-order valence-electron chi connectivity index (χ3n) is 2.33. The Morgan fingerprint density at radius 1 is 1.53 bits per heavy atom. The lowest BCUT2D eigenvalue weighted by atomic mass is 10.2. The third-order valence-corrected chi connectivity index (χ3v) is 3.35. The number of thioether (sulfide) groups is 1. The molecule has 1 aliphatic heterocycles. The minimum Gasteiger partial charge on any atom is -0.480 e. The molecule has 1 fully saturated rings. The predicted octanol–water partition coefficient (Wildman–Crippen LogP) is -0.246. The van der Waals surface area contributed by atoms with Crippen LogP contribution in [0.4, 0.5) is 0 Å². The predicted molar refractivity (Wildman–Crippen MR) is 58.8 cm³/mol. The van der Waals surface area contributed by atoms with Gasteiger partial charge in [0.25, 0.3) is 0 Å². The van der Waals surface area contributed by atoms with E-state index in [2.05, 4.69) is 0 Å². The van der Waals surface area contributed by atoms with E-state index in [1.54, 1.807) is 11.8 Å². The van der Waals surface area contributed by atoms with Gasteiger partial charge in [-0.25, -0.2) is 4.79 Å². The van der Waals surface area contributed by atoms with Crippen LogP contribution < -0.4 is 5.73 Å². The molecule has 86 valence electrons. The van der Waals surface area contributed by atoms with Crippen molar-refractivity contribution in [3.05, 3.63) is 0 Å². The van der Waals surface area contributed by atoms with Gasteiger partial charge < -0.3 is 15.7 Å². The first-order chi connectivity index (χ1) is 7.16. The van der Waals surface area contributed by atoms with E-state index in [0.717, 1.165) is 5.75 Å². The van der Waals surface area contributed by atoms with Gasteiger partial charge in [-0.1, -0.05) is 0 Å². The highest BCUT2D eigenvalue weighted by Gasteiger charge is 2.31. The van der Waals surface area contributed by atoms with Crippen LogP contribution >= 0.6 is 11.8 Å². The second kappa shape index (κ2) is 5.97. The number of carboxylic acids is 1. The van der Waals surface area contributed by atoms with Crippen LogP contribution in [0.3, 0.4) is 0 Å². The Labute approximate surface area is 93.0 Å². The van der Waals surface area contributed by atoms with Crippen molar-refractivity contribution in [1.82, 2.24) is 4.90 Å². The number of nitrogens with two attached hydrogens (primary N) is 1. The molecular weight excluding hydrogens is 216 g/mol. The minimum atomic E-state index is -0.914. The lowest BCUT2D eigenvalue weighted by Gasteiger charge is -2.32. The number of hydrogen-bond acceptors (Lipinski definition) is 4. The maximum absolute atomic E-state index is 11.7. The summed E-state index contributed by atoms with van der Waals surface area (Å²) in [6, 6.07) is -0.658. The number of rotatable bonds is 4. The average Bonchev–Trinajstić information content (AvgIpc) is 2.25. The molecule has 0 saturated carbocycles. The number of carboxylic acid groups (broad SMARTS) is 1. The van der Waals surface area contributed by atoms with Gasteiger partial charge in [0.1, 0.15) is 6.04 Å². The number of aliphatic carboxylic acids is 1. The third kappa shape index (κ3) is 3.39. The van der Waals surface area contributed by atoms with E-state index in [0.29, 0.717) is 31.7 Å². The van der Waals surface area contributed by atoms with E-state index in [1.165, 1.54) is 4.90 Å². The Morgan fingerprint density at radius 3 is 2.87 bits per heavy atom. The lowest BCUT2D eigenvalue weighted by Crippen LogP contribution is -2.50. The van der Waals surface area contributed by atoms with E-state index in [1.807, 2.05) is 0 Å². The van der Waals surface area contributed by atoms with Gasteiger partial charge in [-0.15, -0.1) is 0 Å². The first kappa shape index (κ1) is 12.3. The summed E-state index contributed by atoms with van der Waals surface area (Å²) < 4.78 is 0. The van der Waals surface area contributed by atoms with Gasteiger partial charge in [0.05, 0.1) is 0 Å². The molecule has 3 N–H and O–H groups in total. The Bertz CT molecular complexity index is 248. The number of nitrogens with zero attached hydrogens (tertiary/aromatic N) is 1. The first-order valence-electron chi connectivity index (χ1n) is 4.97. The van der Waals surface area contributed by atoms with E-state index in [4.69, 9.17) is 10.8 Å². The summed E-state index contributed by atoms with van der Waals surface area (Å²) in [7, 11) is 0. The molecule has 1 unspecified atom stereocenters. The summed E-state index contributed by atoms with van der Waals surface area (Å²) in [6.45, 7) is 0.997. The summed E-state index contributed by atoms with van der Waals surface area (Å²) in [5.41, 5.74) is 5.31. The quantitative estimate of drug-likeness (QED) is 0.698. The fourth-order valence-corrected chi connectivity index (χ4v) is 2.54. The van der Waals surface area contributed by atoms with Crippen molar-refractivity contribution < 1.29 is 14.7 Å². The lowest BCUT2D eigenvalue weighted by molar-refractivity contribution is -0.149. The molecule has 5 nitrogen and oxygen atoms in total. The van der Waals surface area contributed by atoms with Crippen LogP contribution in [0.15, 0.2) is 0 Å². The number of carbonyl (C=O) groups is 2. The SMILES string of the molecule is NCCCC(=O)N1CCSCC1C(=O)O. The van der Waals surface area contributed by atoms with Crippen LogP contribution in [0.2, 0.25) is 0 Å². The molecule has 0 aromatic carbocycles. The van der Waals surface area contributed by atoms with Crippen LogP contribution in [0.25, 0.3) is 0 Å². The molecule has 0 radical (unpaired) electrons. The van der Waals surface area contributed by atoms with Crippen LogP contribution in [-0.2, 0) is 9.59 Å². The second-order valence-electron chi connectivity index (χ2n) is 3.41. The summed E-state index contributed by atoms with van der Waals surface area (Å²) in [5.74, 6) is 0.304. The monoisotopic (exact) mass is 232 g/mol. The van der Waals surface area contributed by atoms with Gasteiger partial charge in [-0.05, 0) is 13.0 Å². The number of amides is 1. The highest BCUT2D eigenvalue weighted by atomic mass is 32.2. The van der Waals surface area contributed by atoms with Crippen LogP contribution in [0.1, 0.15) is 12.8 Å². The summed E-state index contributed by atoms with van der Waals surface area (Å²) in [4.78, 5) is 24.0. The van der Waals surface area contributed by atoms with Crippen molar-refractivity contribution in [1.29, 1.82) is 0 Å². The van der Waals surface area contributed by atoms with E-state index in [9.17, 15) is 9.59 Å². The maximum atomic E-state index is 11.7. The number of carbonyl (C=O) groups excluding carboxylic acids is 1. The smallest absolute Gasteiger partial charge is 0.327 e. The molecule has 1 atom stereocenters. The zero-order valence-electron chi connectivity index (χ0n) is 8.52. The van der Waals surface area contributed by atoms with Crippen molar-refractivity contribution in [3.63, 3.8) is 0 Å². The molecule has 0 bridgehead atoms. The first-order valence-corrected chi connectivity index (χ1v) is 6.12. The second-order valence-corrected chi connectivity index (χ2v) is 4.56. The van der Waals surface area contributed by atoms with Crippen molar-refractivity contribution in [2.24, 2.45) is 5.73 Å². The van der Waals surface area contributed by atoms with Gasteiger partial charge >= 0.3 is 5.97 Å². The van der Waals surface area contributed by atoms with Gasteiger partial charge in [0, 0.05) is 24.5 Å². The molecule has 0 spiro atoms. The molecule has 0 aromatic rings. The van der Waals surface area contributed by atoms with Gasteiger partial charge in [-0.3, -0.25) is 4.79 Å². The Balaban J connectivity index is 2.55. The fraction of sp³-hybridized carbons (Fsp3) is 0.778. The molecule has 1 aliphatic rings. The van der Waals surface area contributed by atoms with Crippen molar-refractivity contribution in [2.45, 2.75) is 18.9 Å². The van der Waals surface area contributed by atoms with Crippen LogP contribution in [0.5, 0.6) is 0 Å². The molecule has 0 aromatic heterocycles. The Kier molecular flexibility index (Phi) is 4.90. The molecule has 1 amide bonds. The molecule has 1 rings (SSSR count). The average molecular weight is 232 g/mol. The van der Waals surface area contributed by atoms with Crippen LogP contribution in [-0.4, -0.2) is 52.5 Å². The standard InChI is InChI=1S/C9H16N2O3S/c10-3-1-2-8(12)11-4-5-15-6-7(11)9(13)14/h7H,1-6,10H2,(H,13,14). The fourth-order valence-electron chi connectivity index (χ4n) is 1.50. The minimum absolute atomic E-state index is 0.0897. The highest BCUT2D eigenvalue weighted by molar-refractivity contribution is 7.99. The normalized spacial score (nSPS) is 21.4. The van der Waals surface area contributed by atoms with E-state index in [-0.39, 0.29) is 5.91 Å². The van der Waals surface area contributed by atoms with Crippen molar-refractivity contribution in [3.8, 4) is 0 Å². The van der Waals surface area contributed by atoms with E-state index >= 15 is 0 Å². The Morgan fingerprint density at radius 2 is 2.27 bits per heavy atom. The Hall–Kier alpha value is -0.750. The van der Waals surface area contributed by atoms with Gasteiger partial charge in [0.15, 0.2) is 0 Å². The summed E-state index contributed by atoms with van der Waals surface area (Å²) in [5, 5.41) is 8.95. The molecular formula is C9H16N2O3S. The molecule has 6 heteroatoms.